The first-order valence-electron chi connectivity index (χ1n) is 25.3. The second-order valence-electron chi connectivity index (χ2n) is 19.2. The lowest BCUT2D eigenvalue weighted by Crippen LogP contribution is -2.11. The smallest absolute Gasteiger partial charge is 0.131 e. The van der Waals surface area contributed by atoms with E-state index in [-0.39, 0.29) is 0 Å². The van der Waals surface area contributed by atoms with Crippen molar-refractivity contribution in [1.29, 1.82) is 0 Å². The third kappa shape index (κ3) is 6.79. The average Bonchev–Trinajstić information content (AvgIpc) is 3.41. The van der Waals surface area contributed by atoms with Crippen molar-refractivity contribution in [2.75, 3.05) is 0 Å². The van der Waals surface area contributed by atoms with Gasteiger partial charge in [-0.3, -0.25) is 0 Å². The Bertz CT molecular complexity index is 3140. The Kier molecular flexibility index (Phi) is 10.3. The van der Waals surface area contributed by atoms with Gasteiger partial charge in [0, 0.05) is 47.9 Å². The third-order valence-electron chi connectivity index (χ3n) is 15.4. The molecule has 0 saturated heterocycles. The second-order valence-corrected chi connectivity index (χ2v) is 19.2. The maximum Gasteiger partial charge on any atom is 0.131 e. The summed E-state index contributed by atoms with van der Waals surface area (Å²) in [5, 5.41) is 0. The summed E-state index contributed by atoms with van der Waals surface area (Å²) in [6.45, 7) is 9.18. The molecular formula is C66H54O4. The summed E-state index contributed by atoms with van der Waals surface area (Å²) in [6, 6.07) is 57.3. The van der Waals surface area contributed by atoms with E-state index < -0.39 is 0 Å². The minimum atomic E-state index is 0.768. The van der Waals surface area contributed by atoms with Crippen LogP contribution in [0.5, 0.6) is 46.0 Å². The van der Waals surface area contributed by atoms with Crippen molar-refractivity contribution in [1.82, 2.24) is 0 Å². The molecule has 4 heterocycles. The summed E-state index contributed by atoms with van der Waals surface area (Å²) in [5.41, 5.74) is 24.7. The highest BCUT2D eigenvalue weighted by molar-refractivity contribution is 6.01. The summed E-state index contributed by atoms with van der Waals surface area (Å²) < 4.78 is 27.5. The van der Waals surface area contributed by atoms with E-state index in [1.807, 2.05) is 0 Å². The van der Waals surface area contributed by atoms with E-state index in [1.165, 1.54) is 111 Å². The van der Waals surface area contributed by atoms with Crippen LogP contribution in [0.1, 0.15) is 94.5 Å². The Morgan fingerprint density at radius 3 is 0.729 bits per heavy atom. The van der Waals surface area contributed by atoms with Crippen LogP contribution in [0.2, 0.25) is 0 Å². The van der Waals surface area contributed by atoms with Crippen LogP contribution in [0.25, 0.3) is 44.5 Å². The second kappa shape index (κ2) is 17.0. The molecule has 0 bridgehead atoms. The molecule has 0 amide bonds. The number of hydrogen-bond acceptors (Lipinski definition) is 4. The van der Waals surface area contributed by atoms with Gasteiger partial charge in [0.2, 0.25) is 0 Å². The van der Waals surface area contributed by atoms with E-state index in [9.17, 15) is 0 Å². The highest BCUT2D eigenvalue weighted by Gasteiger charge is 2.33. The summed E-state index contributed by atoms with van der Waals surface area (Å²) in [7, 11) is 0. The maximum atomic E-state index is 6.88. The van der Waals surface area contributed by atoms with Crippen molar-refractivity contribution in [2.24, 2.45) is 0 Å². The number of para-hydroxylation sites is 4. The molecule has 0 N–H and O–H groups in total. The quantitative estimate of drug-likeness (QED) is 0.152. The Morgan fingerprint density at radius 1 is 0.271 bits per heavy atom. The van der Waals surface area contributed by atoms with Crippen LogP contribution in [-0.2, 0) is 51.4 Å². The first-order chi connectivity index (χ1) is 34.5. The minimum Gasteiger partial charge on any atom is -0.457 e. The maximum absolute atomic E-state index is 6.88. The number of aryl methyl sites for hydroxylation is 4. The van der Waals surface area contributed by atoms with Crippen molar-refractivity contribution in [3.05, 3.63) is 224 Å². The SMILES string of the molecule is CCc1ccc2c(c1-c1cc(-c3c(CC)ccc4c3Cc3ccccc3O4)c(-c3c(CC)ccc4c3Cc3ccccc3O4)cc1-c1c(CC)ccc3c1Cc1ccccc1O3)Cc1ccccc1O2. The summed E-state index contributed by atoms with van der Waals surface area (Å²) >= 11 is 0. The first kappa shape index (κ1) is 42.3. The highest BCUT2D eigenvalue weighted by atomic mass is 16.5. The molecule has 4 aliphatic rings. The molecule has 70 heavy (non-hydrogen) atoms. The zero-order valence-corrected chi connectivity index (χ0v) is 40.3. The highest BCUT2D eigenvalue weighted by Crippen LogP contribution is 2.55. The van der Waals surface area contributed by atoms with Gasteiger partial charge in [0.1, 0.15) is 46.0 Å². The molecule has 0 aromatic heterocycles. The molecule has 4 heteroatoms. The van der Waals surface area contributed by atoms with Crippen LogP contribution < -0.4 is 18.9 Å². The zero-order valence-electron chi connectivity index (χ0n) is 40.3. The number of hydrogen-bond donors (Lipinski definition) is 0. The van der Waals surface area contributed by atoms with Crippen LogP contribution >= 0.6 is 0 Å². The fraction of sp³-hybridized carbons (Fsp3) is 0.182. The van der Waals surface area contributed by atoms with E-state index >= 15 is 0 Å². The Hall–Kier alpha value is -7.82. The molecule has 4 nitrogen and oxygen atoms in total. The van der Waals surface area contributed by atoms with Gasteiger partial charge in [-0.25, -0.2) is 0 Å². The average molecular weight is 911 g/mol. The van der Waals surface area contributed by atoms with Crippen molar-refractivity contribution in [3.8, 4) is 90.5 Å². The largest absolute Gasteiger partial charge is 0.457 e. The first-order valence-corrected chi connectivity index (χ1v) is 25.3. The van der Waals surface area contributed by atoms with Gasteiger partial charge in [-0.05, 0) is 175 Å². The Morgan fingerprint density at radius 2 is 0.500 bits per heavy atom. The molecule has 0 atom stereocenters. The molecule has 0 radical (unpaired) electrons. The lowest BCUT2D eigenvalue weighted by molar-refractivity contribution is 0.460. The molecule has 9 aromatic carbocycles. The summed E-state index contributed by atoms with van der Waals surface area (Å²) in [6.07, 6.45) is 6.51. The molecule has 0 unspecified atom stereocenters. The van der Waals surface area contributed by atoms with Crippen molar-refractivity contribution < 1.29 is 18.9 Å². The molecule has 0 aliphatic carbocycles. The Labute approximate surface area is 411 Å². The van der Waals surface area contributed by atoms with Crippen molar-refractivity contribution >= 4 is 0 Å². The molecule has 0 saturated carbocycles. The van der Waals surface area contributed by atoms with Crippen LogP contribution in [0.15, 0.2) is 158 Å². The van der Waals surface area contributed by atoms with E-state index in [0.29, 0.717) is 0 Å². The standard InChI is InChI=1S/C66H54O4/c1-5-39-25-29-59-51(33-43-17-9-13-21-55(43)67-59)63(39)47-37-49(65-41(7-3)27-31-61-53(65)35-45-19-11-15-23-57(45)69-61)50(66-42(8-4)28-32-62-54(66)36-46-20-12-16-24-58(46)70-62)38-48(47)64-40(6-2)26-30-60-52(64)34-44-18-10-14-22-56(44)68-60/h9-32,37-38H,5-8,33-36H2,1-4H3. The fourth-order valence-corrected chi connectivity index (χ4v) is 12.0. The van der Waals surface area contributed by atoms with Gasteiger partial charge in [-0.2, -0.15) is 0 Å². The number of rotatable bonds is 8. The number of fused-ring (bicyclic) bond motifs is 8. The molecule has 0 fully saturated rings. The summed E-state index contributed by atoms with van der Waals surface area (Å²) in [5.74, 6) is 7.39. The van der Waals surface area contributed by atoms with Gasteiger partial charge < -0.3 is 18.9 Å². The van der Waals surface area contributed by atoms with E-state index in [4.69, 9.17) is 18.9 Å². The molecule has 0 spiro atoms. The fourth-order valence-electron chi connectivity index (χ4n) is 12.0. The molecule has 4 aliphatic heterocycles. The topological polar surface area (TPSA) is 36.9 Å². The van der Waals surface area contributed by atoms with Crippen LogP contribution in [0.4, 0.5) is 0 Å². The van der Waals surface area contributed by atoms with Crippen molar-refractivity contribution in [2.45, 2.75) is 79.1 Å². The van der Waals surface area contributed by atoms with E-state index in [0.717, 1.165) is 97.4 Å². The molecular weight excluding hydrogens is 857 g/mol. The van der Waals surface area contributed by atoms with E-state index in [2.05, 4.69) is 185 Å². The third-order valence-corrected chi connectivity index (χ3v) is 15.4. The lowest BCUT2D eigenvalue weighted by Gasteiger charge is -2.31. The van der Waals surface area contributed by atoms with Crippen LogP contribution in [0, 0.1) is 0 Å². The number of benzene rings is 9. The molecule has 9 aromatic rings. The van der Waals surface area contributed by atoms with E-state index in [1.54, 1.807) is 0 Å². The van der Waals surface area contributed by atoms with Gasteiger partial charge in [0.05, 0.1) is 0 Å². The minimum absolute atomic E-state index is 0.768. The van der Waals surface area contributed by atoms with Gasteiger partial charge in [-0.15, -0.1) is 0 Å². The van der Waals surface area contributed by atoms with Gasteiger partial charge in [-0.1, -0.05) is 125 Å². The number of ether oxygens (including phenoxy) is 4. The van der Waals surface area contributed by atoms with Crippen LogP contribution in [0.3, 0.4) is 0 Å². The van der Waals surface area contributed by atoms with Crippen LogP contribution in [-0.4, -0.2) is 0 Å². The zero-order chi connectivity index (χ0) is 47.0. The Balaban J connectivity index is 1.19. The predicted molar refractivity (Wildman–Crippen MR) is 283 cm³/mol. The monoisotopic (exact) mass is 910 g/mol. The molecule has 342 valence electrons. The van der Waals surface area contributed by atoms with Gasteiger partial charge in [0.15, 0.2) is 0 Å². The normalized spacial score (nSPS) is 13.3. The van der Waals surface area contributed by atoms with Gasteiger partial charge in [0.25, 0.3) is 0 Å². The predicted octanol–water partition coefficient (Wildman–Crippen LogP) is 17.4. The van der Waals surface area contributed by atoms with Crippen molar-refractivity contribution in [3.63, 3.8) is 0 Å². The van der Waals surface area contributed by atoms with Gasteiger partial charge >= 0.3 is 0 Å². The summed E-state index contributed by atoms with van der Waals surface area (Å²) in [4.78, 5) is 0. The lowest BCUT2D eigenvalue weighted by atomic mass is 9.75. The molecule has 13 rings (SSSR count).